The summed E-state index contributed by atoms with van der Waals surface area (Å²) in [5.74, 6) is -0.120. The fraction of sp³-hybridized carbons (Fsp3) is 0.800. The van der Waals surface area contributed by atoms with E-state index in [1.165, 1.54) is 4.90 Å². The van der Waals surface area contributed by atoms with E-state index in [-0.39, 0.29) is 11.9 Å². The molecule has 1 rings (SSSR count). The van der Waals surface area contributed by atoms with E-state index in [2.05, 4.69) is 22.6 Å². The quantitative estimate of drug-likeness (QED) is 0.549. The Morgan fingerprint density at radius 3 is 2.67 bits per heavy atom. The normalized spacial score (nSPS) is 22.0. The van der Waals surface area contributed by atoms with Crippen molar-refractivity contribution in [3.63, 3.8) is 0 Å². The van der Waals surface area contributed by atoms with Gasteiger partial charge in [-0.1, -0.05) is 22.6 Å². The summed E-state index contributed by atoms with van der Waals surface area (Å²) in [6.45, 7) is 5.39. The van der Waals surface area contributed by atoms with Crippen LogP contribution in [-0.2, 0) is 9.53 Å². The number of ether oxygens (including phenoxy) is 1. The van der Waals surface area contributed by atoms with Gasteiger partial charge in [0.2, 0.25) is 5.91 Å². The first-order valence-electron chi connectivity index (χ1n) is 4.96. The molecule has 0 aromatic carbocycles. The number of likely N-dealkylation sites (tertiary alicyclic amines) is 1. The van der Waals surface area contributed by atoms with Crippen LogP contribution in [0, 0.1) is 0 Å². The molecule has 2 amide bonds. The Labute approximate surface area is 103 Å². The minimum atomic E-state index is -0.546. The van der Waals surface area contributed by atoms with Gasteiger partial charge < -0.3 is 4.74 Å². The SMILES string of the molecule is CC(C)(C)OC(=O)N1C(=O)CCC1CI. The minimum Gasteiger partial charge on any atom is -0.443 e. The van der Waals surface area contributed by atoms with E-state index in [1.54, 1.807) is 20.8 Å². The maximum absolute atomic E-state index is 11.7. The third-order valence-corrected chi connectivity index (χ3v) is 3.11. The summed E-state index contributed by atoms with van der Waals surface area (Å²) in [7, 11) is 0. The van der Waals surface area contributed by atoms with Crippen molar-refractivity contribution in [2.45, 2.75) is 45.3 Å². The fourth-order valence-corrected chi connectivity index (χ4v) is 2.29. The van der Waals surface area contributed by atoms with Crippen LogP contribution in [-0.4, -0.2) is 33.0 Å². The molecule has 0 aliphatic carbocycles. The summed E-state index contributed by atoms with van der Waals surface area (Å²) >= 11 is 2.18. The van der Waals surface area contributed by atoms with E-state index in [0.717, 1.165) is 10.8 Å². The van der Waals surface area contributed by atoms with Gasteiger partial charge in [0.25, 0.3) is 0 Å². The molecule has 0 saturated carbocycles. The molecule has 0 aromatic heterocycles. The molecule has 1 heterocycles. The van der Waals surface area contributed by atoms with E-state index >= 15 is 0 Å². The van der Waals surface area contributed by atoms with E-state index in [1.807, 2.05) is 0 Å². The third-order valence-electron chi connectivity index (χ3n) is 2.09. The summed E-state index contributed by atoms with van der Waals surface area (Å²) in [5.41, 5.74) is -0.546. The highest BCUT2D eigenvalue weighted by Crippen LogP contribution is 2.23. The highest BCUT2D eigenvalue weighted by Gasteiger charge is 2.37. The van der Waals surface area contributed by atoms with Gasteiger partial charge in [0.1, 0.15) is 5.60 Å². The van der Waals surface area contributed by atoms with Crippen molar-refractivity contribution >= 4 is 34.6 Å². The van der Waals surface area contributed by atoms with Crippen LogP contribution in [0.25, 0.3) is 0 Å². The van der Waals surface area contributed by atoms with Crippen LogP contribution in [0.1, 0.15) is 33.6 Å². The van der Waals surface area contributed by atoms with Gasteiger partial charge in [-0.25, -0.2) is 9.69 Å². The van der Waals surface area contributed by atoms with Gasteiger partial charge in [-0.15, -0.1) is 0 Å². The largest absolute Gasteiger partial charge is 0.443 e. The Hall–Kier alpha value is -0.330. The average molecular weight is 325 g/mol. The summed E-state index contributed by atoms with van der Waals surface area (Å²) in [5, 5.41) is 0. The van der Waals surface area contributed by atoms with E-state index in [4.69, 9.17) is 4.74 Å². The summed E-state index contributed by atoms with van der Waals surface area (Å²) in [4.78, 5) is 24.5. The van der Waals surface area contributed by atoms with Gasteiger partial charge >= 0.3 is 6.09 Å². The van der Waals surface area contributed by atoms with Crippen molar-refractivity contribution in [3.05, 3.63) is 0 Å². The molecular weight excluding hydrogens is 309 g/mol. The minimum absolute atomic E-state index is 0.00736. The molecular formula is C10H16INO3. The standard InChI is InChI=1S/C10H16INO3/c1-10(2,3)15-9(14)12-7(6-11)4-5-8(12)13/h7H,4-6H2,1-3H3. The van der Waals surface area contributed by atoms with Crippen molar-refractivity contribution in [2.75, 3.05) is 4.43 Å². The molecule has 5 heteroatoms. The molecule has 1 unspecified atom stereocenters. The zero-order valence-electron chi connectivity index (χ0n) is 9.25. The second kappa shape index (κ2) is 4.67. The zero-order chi connectivity index (χ0) is 11.6. The topological polar surface area (TPSA) is 46.6 Å². The Morgan fingerprint density at radius 2 is 2.20 bits per heavy atom. The van der Waals surface area contributed by atoms with Crippen LogP contribution < -0.4 is 0 Å². The molecule has 4 nitrogen and oxygen atoms in total. The number of nitrogens with zero attached hydrogens (tertiary/aromatic N) is 1. The second-order valence-electron chi connectivity index (χ2n) is 4.59. The Bertz CT molecular complexity index is 272. The predicted molar refractivity (Wildman–Crippen MR) is 65.0 cm³/mol. The smallest absolute Gasteiger partial charge is 0.417 e. The Balaban J connectivity index is 2.69. The fourth-order valence-electron chi connectivity index (χ4n) is 1.45. The first-order valence-corrected chi connectivity index (χ1v) is 6.48. The van der Waals surface area contributed by atoms with Crippen LogP contribution in [0.4, 0.5) is 4.79 Å². The monoisotopic (exact) mass is 325 g/mol. The second-order valence-corrected chi connectivity index (χ2v) is 5.47. The molecule has 0 spiro atoms. The van der Waals surface area contributed by atoms with Crippen molar-refractivity contribution < 1.29 is 14.3 Å². The molecule has 0 radical (unpaired) electrons. The molecule has 0 aromatic rings. The number of alkyl halides is 1. The number of hydrogen-bond acceptors (Lipinski definition) is 3. The highest BCUT2D eigenvalue weighted by atomic mass is 127. The van der Waals surface area contributed by atoms with E-state index in [0.29, 0.717) is 6.42 Å². The van der Waals surface area contributed by atoms with Crippen molar-refractivity contribution in [1.29, 1.82) is 0 Å². The molecule has 0 N–H and O–H groups in total. The first kappa shape index (κ1) is 12.7. The lowest BCUT2D eigenvalue weighted by atomic mass is 10.2. The van der Waals surface area contributed by atoms with Crippen LogP contribution in [0.15, 0.2) is 0 Å². The molecule has 86 valence electrons. The van der Waals surface area contributed by atoms with Crippen molar-refractivity contribution in [3.8, 4) is 0 Å². The maximum atomic E-state index is 11.7. The van der Waals surface area contributed by atoms with Gasteiger partial charge in [-0.2, -0.15) is 0 Å². The maximum Gasteiger partial charge on any atom is 0.417 e. The van der Waals surface area contributed by atoms with Crippen molar-refractivity contribution in [2.24, 2.45) is 0 Å². The van der Waals surface area contributed by atoms with E-state index < -0.39 is 11.7 Å². The lowest BCUT2D eigenvalue weighted by Crippen LogP contribution is -2.42. The predicted octanol–water partition coefficient (Wildman–Crippen LogP) is 2.35. The van der Waals surface area contributed by atoms with Gasteiger partial charge in [0.15, 0.2) is 0 Å². The lowest BCUT2D eigenvalue weighted by Gasteiger charge is -2.26. The molecule has 1 fully saturated rings. The summed E-state index contributed by atoms with van der Waals surface area (Å²) in [6.07, 6.45) is 0.695. The first-order chi connectivity index (χ1) is 6.85. The van der Waals surface area contributed by atoms with Crippen molar-refractivity contribution in [1.82, 2.24) is 4.90 Å². The molecule has 1 saturated heterocycles. The molecule has 1 aliphatic heterocycles. The summed E-state index contributed by atoms with van der Waals surface area (Å²) in [6, 6.07) is 0.00736. The summed E-state index contributed by atoms with van der Waals surface area (Å²) < 4.78 is 5.95. The Kier molecular flexibility index (Phi) is 3.97. The van der Waals surface area contributed by atoms with Gasteiger partial charge in [0, 0.05) is 10.8 Å². The van der Waals surface area contributed by atoms with Gasteiger partial charge in [-0.3, -0.25) is 4.79 Å². The third kappa shape index (κ3) is 3.32. The number of amides is 2. The molecule has 1 aliphatic rings. The number of imide groups is 1. The number of rotatable bonds is 1. The number of hydrogen-bond donors (Lipinski definition) is 0. The molecule has 1 atom stereocenters. The van der Waals surface area contributed by atoms with E-state index in [9.17, 15) is 9.59 Å². The average Bonchev–Trinajstić information content (AvgIpc) is 2.43. The number of halogens is 1. The number of carbonyl (C=O) groups is 2. The number of carbonyl (C=O) groups excluding carboxylic acids is 2. The van der Waals surface area contributed by atoms with Gasteiger partial charge in [0.05, 0.1) is 6.04 Å². The van der Waals surface area contributed by atoms with Crippen LogP contribution in [0.5, 0.6) is 0 Å². The molecule has 15 heavy (non-hydrogen) atoms. The van der Waals surface area contributed by atoms with Gasteiger partial charge in [-0.05, 0) is 27.2 Å². The molecule has 0 bridgehead atoms. The Morgan fingerprint density at radius 1 is 1.60 bits per heavy atom. The lowest BCUT2D eigenvalue weighted by molar-refractivity contribution is -0.127. The van der Waals surface area contributed by atoms with Crippen LogP contribution in [0.2, 0.25) is 0 Å². The van der Waals surface area contributed by atoms with Crippen LogP contribution >= 0.6 is 22.6 Å². The zero-order valence-corrected chi connectivity index (χ0v) is 11.4. The van der Waals surface area contributed by atoms with Crippen LogP contribution in [0.3, 0.4) is 0 Å². The highest BCUT2D eigenvalue weighted by molar-refractivity contribution is 14.1.